The van der Waals surface area contributed by atoms with Gasteiger partial charge in [0.05, 0.1) is 22.4 Å². The van der Waals surface area contributed by atoms with E-state index < -0.39 is 12.0 Å². The predicted octanol–water partition coefficient (Wildman–Crippen LogP) is 4.76. The summed E-state index contributed by atoms with van der Waals surface area (Å²) in [6.45, 7) is 9.56. The second-order valence-corrected chi connectivity index (χ2v) is 10.3. The summed E-state index contributed by atoms with van der Waals surface area (Å²) in [5, 5.41) is 0.654. The molecule has 0 amide bonds. The molecule has 5 rings (SSSR count). The van der Waals surface area contributed by atoms with Crippen LogP contribution in [0.4, 0.5) is 0 Å². The number of ether oxygens (including phenoxy) is 1. The van der Waals surface area contributed by atoms with Crippen molar-refractivity contribution >= 4 is 35.0 Å². The van der Waals surface area contributed by atoms with Crippen molar-refractivity contribution in [3.05, 3.63) is 107 Å². The summed E-state index contributed by atoms with van der Waals surface area (Å²) in [5.74, 6) is 0.659. The van der Waals surface area contributed by atoms with Crippen LogP contribution < -0.4 is 14.9 Å². The molecule has 0 aliphatic carbocycles. The zero-order valence-corrected chi connectivity index (χ0v) is 22.7. The van der Waals surface area contributed by atoms with Crippen LogP contribution in [0.25, 0.3) is 11.8 Å². The quantitative estimate of drug-likeness (QED) is 0.345. The normalized spacial score (nSPS) is 15.6. The van der Waals surface area contributed by atoms with Crippen molar-refractivity contribution in [3.8, 4) is 5.69 Å². The number of aryl methyl sites for hydroxylation is 2. The highest BCUT2D eigenvalue weighted by atomic mass is 35.5. The smallest absolute Gasteiger partial charge is 0.338 e. The standard InChI is InChI=1S/C28H26ClN3O4S/c1-6-35-27(34)24-17(4)30-28-32(25(24)22-11-10-16(3)36-22)26(33)23(37-28)13-19-12-15(2)31(18(19)5)21-9-7-8-20(29)14-21/h7-14,25H,6H2,1-5H3/b23-13+/t25-/m0/s1. The number of benzene rings is 1. The molecule has 0 unspecified atom stereocenters. The number of nitrogens with zero attached hydrogens (tertiary/aromatic N) is 3. The summed E-state index contributed by atoms with van der Waals surface area (Å²) in [7, 11) is 0. The topological polar surface area (TPSA) is 78.7 Å². The summed E-state index contributed by atoms with van der Waals surface area (Å²) in [5.41, 5.74) is 4.42. The molecule has 9 heteroatoms. The summed E-state index contributed by atoms with van der Waals surface area (Å²) >= 11 is 7.51. The number of hydrogen-bond donors (Lipinski definition) is 0. The van der Waals surface area contributed by atoms with Gasteiger partial charge in [-0.3, -0.25) is 9.36 Å². The number of esters is 1. The molecule has 1 aromatic carbocycles. The zero-order valence-electron chi connectivity index (χ0n) is 21.2. The van der Waals surface area contributed by atoms with Crippen LogP contribution in [0, 0.1) is 20.8 Å². The summed E-state index contributed by atoms with van der Waals surface area (Å²) in [6.07, 6.45) is 1.88. The van der Waals surface area contributed by atoms with Gasteiger partial charge in [-0.15, -0.1) is 0 Å². The third-order valence-electron chi connectivity index (χ3n) is 6.37. The highest BCUT2D eigenvalue weighted by Gasteiger charge is 2.35. The molecule has 0 saturated heterocycles. The Bertz CT molecular complexity index is 1750. The van der Waals surface area contributed by atoms with Crippen molar-refractivity contribution in [2.24, 2.45) is 4.99 Å². The number of halogens is 1. The third-order valence-corrected chi connectivity index (χ3v) is 7.59. The van der Waals surface area contributed by atoms with Gasteiger partial charge in [0.15, 0.2) is 4.80 Å². The van der Waals surface area contributed by atoms with Crippen LogP contribution in [0.2, 0.25) is 5.02 Å². The molecule has 37 heavy (non-hydrogen) atoms. The van der Waals surface area contributed by atoms with Crippen LogP contribution in [-0.2, 0) is 9.53 Å². The van der Waals surface area contributed by atoms with Crippen molar-refractivity contribution < 1.29 is 13.9 Å². The second-order valence-electron chi connectivity index (χ2n) is 8.89. The van der Waals surface area contributed by atoms with Crippen LogP contribution in [-0.4, -0.2) is 21.7 Å². The number of furan rings is 1. The van der Waals surface area contributed by atoms with E-state index in [4.69, 9.17) is 20.8 Å². The fourth-order valence-electron chi connectivity index (χ4n) is 4.75. The van der Waals surface area contributed by atoms with Gasteiger partial charge in [-0.1, -0.05) is 29.0 Å². The van der Waals surface area contributed by atoms with Gasteiger partial charge < -0.3 is 13.7 Å². The minimum atomic E-state index is -0.759. The molecule has 0 saturated carbocycles. The Labute approximate surface area is 222 Å². The number of rotatable bonds is 5. The van der Waals surface area contributed by atoms with E-state index in [-0.39, 0.29) is 12.2 Å². The van der Waals surface area contributed by atoms with E-state index in [9.17, 15) is 9.59 Å². The summed E-state index contributed by atoms with van der Waals surface area (Å²) in [6, 6.07) is 12.5. The summed E-state index contributed by atoms with van der Waals surface area (Å²) < 4.78 is 15.4. The molecule has 0 N–H and O–H groups in total. The van der Waals surface area contributed by atoms with E-state index in [1.165, 1.54) is 15.9 Å². The van der Waals surface area contributed by atoms with Gasteiger partial charge in [0, 0.05) is 22.1 Å². The van der Waals surface area contributed by atoms with Gasteiger partial charge in [0.25, 0.3) is 5.56 Å². The molecule has 4 heterocycles. The number of carbonyl (C=O) groups excluding carboxylic acids is 1. The van der Waals surface area contributed by atoms with Gasteiger partial charge in [-0.05, 0) is 82.7 Å². The maximum Gasteiger partial charge on any atom is 0.338 e. The minimum Gasteiger partial charge on any atom is -0.464 e. The lowest BCUT2D eigenvalue weighted by atomic mass is 10.0. The van der Waals surface area contributed by atoms with Crippen LogP contribution in [0.3, 0.4) is 0 Å². The van der Waals surface area contributed by atoms with Crippen LogP contribution in [0.15, 0.2) is 67.9 Å². The van der Waals surface area contributed by atoms with E-state index in [1.54, 1.807) is 19.9 Å². The average Bonchev–Trinajstić information content (AvgIpc) is 3.49. The average molecular weight is 536 g/mol. The molecule has 1 atom stereocenters. The maximum absolute atomic E-state index is 13.8. The molecule has 1 aliphatic rings. The molecule has 0 spiro atoms. The number of aromatic nitrogens is 2. The first-order valence-electron chi connectivity index (χ1n) is 11.9. The molecule has 4 aromatic rings. The molecule has 190 valence electrons. The lowest BCUT2D eigenvalue weighted by molar-refractivity contribution is -0.139. The Kier molecular flexibility index (Phi) is 6.56. The number of allylic oxidation sites excluding steroid dienone is 1. The number of thiazole rings is 1. The Morgan fingerprint density at radius 1 is 1.19 bits per heavy atom. The first-order chi connectivity index (χ1) is 17.7. The Hall–Kier alpha value is -3.62. The molecule has 0 fully saturated rings. The molecule has 0 bridgehead atoms. The van der Waals surface area contributed by atoms with E-state index in [0.717, 1.165) is 22.6 Å². The van der Waals surface area contributed by atoms with E-state index in [2.05, 4.69) is 9.56 Å². The highest BCUT2D eigenvalue weighted by molar-refractivity contribution is 7.07. The number of carbonyl (C=O) groups is 1. The largest absolute Gasteiger partial charge is 0.464 e. The molecule has 0 radical (unpaired) electrons. The lowest BCUT2D eigenvalue weighted by Crippen LogP contribution is -2.39. The van der Waals surface area contributed by atoms with E-state index in [1.807, 2.05) is 63.2 Å². The third kappa shape index (κ3) is 4.40. The molecule has 7 nitrogen and oxygen atoms in total. The van der Waals surface area contributed by atoms with Gasteiger partial charge in [-0.2, -0.15) is 0 Å². The van der Waals surface area contributed by atoms with Crippen molar-refractivity contribution in [1.29, 1.82) is 0 Å². The van der Waals surface area contributed by atoms with Gasteiger partial charge in [-0.25, -0.2) is 9.79 Å². The van der Waals surface area contributed by atoms with Crippen molar-refractivity contribution in [2.75, 3.05) is 6.61 Å². The van der Waals surface area contributed by atoms with Gasteiger partial charge in [0.1, 0.15) is 17.6 Å². The van der Waals surface area contributed by atoms with Crippen molar-refractivity contribution in [3.63, 3.8) is 0 Å². The van der Waals surface area contributed by atoms with E-state index in [0.29, 0.717) is 37.1 Å². The SMILES string of the molecule is CCOC(=O)C1=C(C)N=c2s/c(=C/c3cc(C)n(-c4cccc(Cl)c4)c3C)c(=O)n2[C@H]1c1ccc(C)o1. The first kappa shape index (κ1) is 25.0. The zero-order chi connectivity index (χ0) is 26.4. The molecular weight excluding hydrogens is 510 g/mol. The summed E-state index contributed by atoms with van der Waals surface area (Å²) in [4.78, 5) is 31.9. The van der Waals surface area contributed by atoms with Crippen LogP contribution >= 0.6 is 22.9 Å². The van der Waals surface area contributed by atoms with Crippen LogP contribution in [0.1, 0.15) is 48.4 Å². The maximum atomic E-state index is 13.8. The predicted molar refractivity (Wildman–Crippen MR) is 144 cm³/mol. The van der Waals surface area contributed by atoms with Crippen molar-refractivity contribution in [1.82, 2.24) is 9.13 Å². The Morgan fingerprint density at radius 3 is 2.65 bits per heavy atom. The first-order valence-corrected chi connectivity index (χ1v) is 13.1. The lowest BCUT2D eigenvalue weighted by Gasteiger charge is -2.22. The molecular formula is C28H26ClN3O4S. The van der Waals surface area contributed by atoms with Gasteiger partial charge >= 0.3 is 5.97 Å². The minimum absolute atomic E-state index is 0.214. The van der Waals surface area contributed by atoms with E-state index >= 15 is 0 Å². The molecule has 1 aliphatic heterocycles. The number of hydrogen-bond acceptors (Lipinski definition) is 6. The molecule has 3 aromatic heterocycles. The second kappa shape index (κ2) is 9.68. The monoisotopic (exact) mass is 535 g/mol. The van der Waals surface area contributed by atoms with Crippen molar-refractivity contribution in [2.45, 2.75) is 40.7 Å². The van der Waals surface area contributed by atoms with Gasteiger partial charge in [0.2, 0.25) is 0 Å². The fraction of sp³-hybridized carbons (Fsp3) is 0.250. The highest BCUT2D eigenvalue weighted by Crippen LogP contribution is 2.31. The Morgan fingerprint density at radius 2 is 1.97 bits per heavy atom. The number of fused-ring (bicyclic) bond motifs is 1. The van der Waals surface area contributed by atoms with Crippen LogP contribution in [0.5, 0.6) is 0 Å². The fourth-order valence-corrected chi connectivity index (χ4v) is 5.97. The Balaban J connectivity index is 1.69.